The number of rotatable bonds is 3. The lowest BCUT2D eigenvalue weighted by Crippen LogP contribution is -2.37. The maximum atomic E-state index is 11.1. The molecule has 0 radical (unpaired) electrons. The van der Waals surface area contributed by atoms with Crippen LogP contribution in [0.15, 0.2) is 0 Å². The summed E-state index contributed by atoms with van der Waals surface area (Å²) in [5.41, 5.74) is 0. The lowest BCUT2D eigenvalue weighted by atomic mass is 9.84. The molecule has 1 N–H and O–H groups in total. The van der Waals surface area contributed by atoms with Crippen molar-refractivity contribution in [2.24, 2.45) is 17.8 Å². The topological polar surface area (TPSA) is 40.5 Å². The maximum Gasteiger partial charge on any atom is 0.308 e. The summed E-state index contributed by atoms with van der Waals surface area (Å²) >= 11 is 0. The van der Waals surface area contributed by atoms with Crippen LogP contribution < -0.4 is 0 Å². The van der Waals surface area contributed by atoms with Gasteiger partial charge in [-0.15, -0.1) is 0 Å². The van der Waals surface area contributed by atoms with Gasteiger partial charge in [0.1, 0.15) is 0 Å². The van der Waals surface area contributed by atoms with Crippen molar-refractivity contribution in [3.63, 3.8) is 0 Å². The fourth-order valence-electron chi connectivity index (χ4n) is 3.54. The van der Waals surface area contributed by atoms with E-state index in [4.69, 9.17) is 5.11 Å². The highest BCUT2D eigenvalue weighted by atomic mass is 16.4. The fraction of sp³-hybridized carbons (Fsp3) is 0.929. The minimum absolute atomic E-state index is 0.140. The first-order valence-corrected chi connectivity index (χ1v) is 7.08. The van der Waals surface area contributed by atoms with Gasteiger partial charge >= 0.3 is 5.97 Å². The van der Waals surface area contributed by atoms with E-state index in [1.807, 2.05) is 0 Å². The molecule has 0 amide bonds. The molecule has 98 valence electrons. The molecule has 17 heavy (non-hydrogen) atoms. The fourth-order valence-corrected chi connectivity index (χ4v) is 3.54. The largest absolute Gasteiger partial charge is 0.481 e. The molecule has 2 rings (SSSR count). The van der Waals surface area contributed by atoms with Crippen molar-refractivity contribution < 1.29 is 9.90 Å². The van der Waals surface area contributed by atoms with Crippen molar-refractivity contribution in [3.8, 4) is 0 Å². The third kappa shape index (κ3) is 2.82. The number of aliphatic carboxylic acids is 1. The lowest BCUT2D eigenvalue weighted by molar-refractivity contribution is -0.142. The Kier molecular flexibility index (Phi) is 4.08. The van der Waals surface area contributed by atoms with Crippen molar-refractivity contribution in [1.82, 2.24) is 4.90 Å². The summed E-state index contributed by atoms with van der Waals surface area (Å²) in [5, 5.41) is 9.15. The molecule has 3 nitrogen and oxygen atoms in total. The zero-order valence-electron chi connectivity index (χ0n) is 11.1. The molecule has 1 aliphatic heterocycles. The molecule has 3 heteroatoms. The van der Waals surface area contributed by atoms with Crippen LogP contribution in [0.4, 0.5) is 0 Å². The zero-order chi connectivity index (χ0) is 12.4. The third-order valence-electron chi connectivity index (χ3n) is 4.87. The van der Waals surface area contributed by atoms with E-state index in [0.717, 1.165) is 19.0 Å². The smallest absolute Gasteiger partial charge is 0.308 e. The monoisotopic (exact) mass is 239 g/mol. The molecular formula is C14H25NO2. The van der Waals surface area contributed by atoms with Crippen molar-refractivity contribution >= 4 is 5.97 Å². The van der Waals surface area contributed by atoms with Crippen LogP contribution in [0.25, 0.3) is 0 Å². The van der Waals surface area contributed by atoms with Crippen LogP contribution in [0, 0.1) is 17.8 Å². The molecule has 1 saturated heterocycles. The molecule has 0 aromatic carbocycles. The number of carboxylic acids is 1. The van der Waals surface area contributed by atoms with E-state index in [0.29, 0.717) is 12.0 Å². The quantitative estimate of drug-likeness (QED) is 0.823. The highest BCUT2D eigenvalue weighted by Gasteiger charge is 2.38. The molecular weight excluding hydrogens is 214 g/mol. The standard InChI is InChI=1S/C14H25NO2/c1-3-11-4-6-12(7-5-11)15-8-10(2)13(9-15)14(16)17/h10-13H,3-9H2,1-2H3,(H,16,17). The van der Waals surface area contributed by atoms with Gasteiger partial charge in [0, 0.05) is 19.1 Å². The minimum Gasteiger partial charge on any atom is -0.481 e. The van der Waals surface area contributed by atoms with Crippen LogP contribution in [0.5, 0.6) is 0 Å². The van der Waals surface area contributed by atoms with Gasteiger partial charge in [0.05, 0.1) is 5.92 Å². The average molecular weight is 239 g/mol. The molecule has 0 aromatic heterocycles. The van der Waals surface area contributed by atoms with Gasteiger partial charge in [0.25, 0.3) is 0 Å². The van der Waals surface area contributed by atoms with Gasteiger partial charge in [-0.2, -0.15) is 0 Å². The molecule has 2 atom stereocenters. The van der Waals surface area contributed by atoms with E-state index in [-0.39, 0.29) is 5.92 Å². The Morgan fingerprint density at radius 2 is 1.88 bits per heavy atom. The SMILES string of the molecule is CCC1CCC(N2CC(C)C(C(=O)O)C2)CC1. The van der Waals surface area contributed by atoms with Crippen LogP contribution in [0.2, 0.25) is 0 Å². The third-order valence-corrected chi connectivity index (χ3v) is 4.87. The highest BCUT2D eigenvalue weighted by Crippen LogP contribution is 2.33. The van der Waals surface area contributed by atoms with E-state index in [1.165, 1.54) is 32.1 Å². The van der Waals surface area contributed by atoms with E-state index in [2.05, 4.69) is 18.7 Å². The van der Waals surface area contributed by atoms with Crippen LogP contribution >= 0.6 is 0 Å². The molecule has 2 unspecified atom stereocenters. The molecule has 1 saturated carbocycles. The molecule has 0 spiro atoms. The van der Waals surface area contributed by atoms with E-state index in [1.54, 1.807) is 0 Å². The summed E-state index contributed by atoms with van der Waals surface area (Å²) in [6, 6.07) is 0.657. The van der Waals surface area contributed by atoms with Crippen molar-refractivity contribution in [1.29, 1.82) is 0 Å². The first-order chi connectivity index (χ1) is 8.11. The molecule has 2 aliphatic rings. The van der Waals surface area contributed by atoms with Gasteiger partial charge < -0.3 is 5.11 Å². The maximum absolute atomic E-state index is 11.1. The number of likely N-dealkylation sites (tertiary alicyclic amines) is 1. The first-order valence-electron chi connectivity index (χ1n) is 7.08. The van der Waals surface area contributed by atoms with Gasteiger partial charge in [0.2, 0.25) is 0 Å². The summed E-state index contributed by atoms with van der Waals surface area (Å²) < 4.78 is 0. The van der Waals surface area contributed by atoms with Crippen LogP contribution in [-0.4, -0.2) is 35.1 Å². The second kappa shape index (κ2) is 5.38. The number of carboxylic acid groups (broad SMARTS) is 1. The predicted octanol–water partition coefficient (Wildman–Crippen LogP) is 2.61. The Hall–Kier alpha value is -0.570. The van der Waals surface area contributed by atoms with Crippen molar-refractivity contribution in [2.45, 2.75) is 52.0 Å². The van der Waals surface area contributed by atoms with Crippen LogP contribution in [0.3, 0.4) is 0 Å². The predicted molar refractivity (Wildman–Crippen MR) is 67.9 cm³/mol. The van der Waals surface area contributed by atoms with Crippen molar-refractivity contribution in [3.05, 3.63) is 0 Å². The molecule has 1 heterocycles. The first kappa shape index (κ1) is 12.9. The second-order valence-corrected chi connectivity index (χ2v) is 5.96. The highest BCUT2D eigenvalue weighted by molar-refractivity contribution is 5.71. The Bertz CT molecular complexity index is 271. The van der Waals surface area contributed by atoms with Gasteiger partial charge in [-0.1, -0.05) is 20.3 Å². The number of hydrogen-bond acceptors (Lipinski definition) is 2. The van der Waals surface area contributed by atoms with Gasteiger partial charge in [0.15, 0.2) is 0 Å². The molecule has 0 bridgehead atoms. The summed E-state index contributed by atoms with van der Waals surface area (Å²) in [7, 11) is 0. The van der Waals surface area contributed by atoms with Gasteiger partial charge in [-0.3, -0.25) is 9.69 Å². The molecule has 1 aliphatic carbocycles. The van der Waals surface area contributed by atoms with E-state index in [9.17, 15) is 4.79 Å². The van der Waals surface area contributed by atoms with Crippen molar-refractivity contribution in [2.75, 3.05) is 13.1 Å². The number of carbonyl (C=O) groups is 1. The van der Waals surface area contributed by atoms with Gasteiger partial charge in [-0.05, 0) is 37.5 Å². The van der Waals surface area contributed by atoms with Crippen LogP contribution in [-0.2, 0) is 4.79 Å². The Morgan fingerprint density at radius 3 is 2.35 bits per heavy atom. The summed E-state index contributed by atoms with van der Waals surface area (Å²) in [5.74, 6) is 0.485. The molecule has 2 fully saturated rings. The zero-order valence-corrected chi connectivity index (χ0v) is 11.1. The van der Waals surface area contributed by atoms with E-state index < -0.39 is 5.97 Å². The van der Waals surface area contributed by atoms with Crippen LogP contribution in [0.1, 0.15) is 46.0 Å². The summed E-state index contributed by atoms with van der Waals surface area (Å²) in [6.45, 7) is 6.12. The second-order valence-electron chi connectivity index (χ2n) is 5.96. The summed E-state index contributed by atoms with van der Waals surface area (Å²) in [4.78, 5) is 13.6. The van der Waals surface area contributed by atoms with E-state index >= 15 is 0 Å². The van der Waals surface area contributed by atoms with Gasteiger partial charge in [-0.25, -0.2) is 0 Å². The summed E-state index contributed by atoms with van der Waals surface area (Å²) in [6.07, 6.45) is 6.53. The lowest BCUT2D eigenvalue weighted by Gasteiger charge is -2.34. The molecule has 0 aromatic rings. The minimum atomic E-state index is -0.609. The number of nitrogens with zero attached hydrogens (tertiary/aromatic N) is 1. The Morgan fingerprint density at radius 1 is 1.24 bits per heavy atom. The average Bonchev–Trinajstić information content (AvgIpc) is 2.71. The Balaban J connectivity index is 1.86. The normalized spacial score (nSPS) is 39.4. The Labute approximate surface area is 104 Å². The number of hydrogen-bond donors (Lipinski definition) is 1.